The summed E-state index contributed by atoms with van der Waals surface area (Å²) in [5, 5.41) is 9.38. The van der Waals surface area contributed by atoms with Gasteiger partial charge in [0.05, 0.1) is 34.7 Å². The SMILES string of the molecule is Cc1cncc(-n2c(=O)nc(Nc3cc4cn(C)nc4cc3Cl)n(Cc3cc(Cl)cc(Cl)c3)c2=O)c1. The summed E-state index contributed by atoms with van der Waals surface area (Å²) >= 11 is 18.9. The van der Waals surface area contributed by atoms with E-state index in [4.69, 9.17) is 34.8 Å². The average molecular weight is 543 g/mol. The Hall–Kier alpha value is -3.66. The van der Waals surface area contributed by atoms with Crippen molar-refractivity contribution in [3.63, 3.8) is 0 Å². The molecule has 0 saturated carbocycles. The Kier molecular flexibility index (Phi) is 6.29. The molecular formula is C24H18Cl3N7O2. The van der Waals surface area contributed by atoms with Crippen molar-refractivity contribution in [3.8, 4) is 5.69 Å². The fraction of sp³-hybridized carbons (Fsp3) is 0.125. The van der Waals surface area contributed by atoms with Crippen LogP contribution in [0, 0.1) is 6.92 Å². The number of nitrogens with zero attached hydrogens (tertiary/aromatic N) is 6. The Morgan fingerprint density at radius 3 is 2.44 bits per heavy atom. The Bertz CT molecular complexity index is 1740. The largest absolute Gasteiger partial charge is 0.359 e. The number of fused-ring (bicyclic) bond motifs is 1. The second-order valence-corrected chi connectivity index (χ2v) is 9.52. The Labute approximate surface area is 219 Å². The van der Waals surface area contributed by atoms with Crippen LogP contribution in [0.15, 0.2) is 64.6 Å². The molecule has 0 saturated heterocycles. The molecule has 0 aliphatic carbocycles. The molecule has 0 bridgehead atoms. The molecule has 182 valence electrons. The number of aromatic nitrogens is 6. The van der Waals surface area contributed by atoms with Gasteiger partial charge in [-0.25, -0.2) is 14.2 Å². The van der Waals surface area contributed by atoms with Gasteiger partial charge < -0.3 is 5.32 Å². The van der Waals surface area contributed by atoms with Crippen molar-refractivity contribution < 1.29 is 0 Å². The standard InChI is InChI=1S/C24H18Cl3N7O2/c1-13-3-18(10-28-9-13)34-23(35)30-22(29-21-6-15-12-32(2)31-20(15)8-19(21)27)33(24(34)36)11-14-4-16(25)7-17(26)5-14/h3-10,12H,11H2,1-2H3,(H,29,30,35). The molecule has 3 aromatic heterocycles. The van der Waals surface area contributed by atoms with Crippen LogP contribution in [0.1, 0.15) is 11.1 Å². The summed E-state index contributed by atoms with van der Waals surface area (Å²) in [7, 11) is 1.80. The molecule has 5 rings (SSSR count). The van der Waals surface area contributed by atoms with Crippen LogP contribution in [0.3, 0.4) is 0 Å². The molecule has 9 nitrogen and oxygen atoms in total. The topological polar surface area (TPSA) is 99.6 Å². The molecule has 0 aliphatic rings. The van der Waals surface area contributed by atoms with E-state index in [0.717, 1.165) is 15.5 Å². The van der Waals surface area contributed by atoms with E-state index in [1.165, 1.54) is 10.8 Å². The zero-order valence-electron chi connectivity index (χ0n) is 19.0. The molecule has 36 heavy (non-hydrogen) atoms. The van der Waals surface area contributed by atoms with Gasteiger partial charge in [-0.05, 0) is 54.4 Å². The summed E-state index contributed by atoms with van der Waals surface area (Å²) in [5.41, 5.74) is 1.49. The third kappa shape index (κ3) is 4.73. The van der Waals surface area contributed by atoms with Crippen molar-refractivity contribution >= 4 is 57.3 Å². The molecule has 0 amide bonds. The number of hydrogen-bond donors (Lipinski definition) is 1. The number of hydrogen-bond acceptors (Lipinski definition) is 6. The highest BCUT2D eigenvalue weighted by molar-refractivity contribution is 6.35. The predicted molar refractivity (Wildman–Crippen MR) is 141 cm³/mol. The van der Waals surface area contributed by atoms with Gasteiger partial charge in [0.2, 0.25) is 5.95 Å². The van der Waals surface area contributed by atoms with Crippen LogP contribution in [0.2, 0.25) is 15.1 Å². The average Bonchev–Trinajstić information content (AvgIpc) is 3.14. The van der Waals surface area contributed by atoms with Crippen LogP contribution in [0.4, 0.5) is 11.6 Å². The monoisotopic (exact) mass is 541 g/mol. The molecular weight excluding hydrogens is 525 g/mol. The van der Waals surface area contributed by atoms with E-state index < -0.39 is 11.4 Å². The first kappa shape index (κ1) is 24.1. The summed E-state index contributed by atoms with van der Waals surface area (Å²) in [4.78, 5) is 35.0. The maximum absolute atomic E-state index is 13.7. The lowest BCUT2D eigenvalue weighted by Gasteiger charge is -2.16. The zero-order valence-corrected chi connectivity index (χ0v) is 21.3. The molecule has 0 unspecified atom stereocenters. The summed E-state index contributed by atoms with van der Waals surface area (Å²) in [6.45, 7) is 1.84. The lowest BCUT2D eigenvalue weighted by molar-refractivity contribution is 0.657. The highest BCUT2D eigenvalue weighted by Crippen LogP contribution is 2.29. The highest BCUT2D eigenvalue weighted by atomic mass is 35.5. The molecule has 1 N–H and O–H groups in total. The Balaban J connectivity index is 1.69. The van der Waals surface area contributed by atoms with Gasteiger partial charge >= 0.3 is 11.4 Å². The van der Waals surface area contributed by atoms with E-state index in [0.29, 0.717) is 37.5 Å². The fourth-order valence-electron chi connectivity index (χ4n) is 3.88. The molecule has 0 spiro atoms. The number of anilines is 2. The number of rotatable bonds is 5. The number of pyridine rings is 1. The second kappa shape index (κ2) is 9.42. The van der Waals surface area contributed by atoms with Gasteiger partial charge in [0.25, 0.3) is 0 Å². The molecule has 0 atom stereocenters. The van der Waals surface area contributed by atoms with Crippen molar-refractivity contribution in [1.29, 1.82) is 0 Å². The minimum atomic E-state index is -0.770. The molecule has 0 fully saturated rings. The van der Waals surface area contributed by atoms with E-state index in [1.54, 1.807) is 54.3 Å². The van der Waals surface area contributed by atoms with Crippen LogP contribution < -0.4 is 16.7 Å². The number of nitrogens with one attached hydrogen (secondary N) is 1. The van der Waals surface area contributed by atoms with Crippen molar-refractivity contribution in [2.24, 2.45) is 7.05 Å². The van der Waals surface area contributed by atoms with Crippen molar-refractivity contribution in [2.75, 3.05) is 5.32 Å². The molecule has 5 aromatic rings. The summed E-state index contributed by atoms with van der Waals surface area (Å²) in [6.07, 6.45) is 4.88. The minimum absolute atomic E-state index is 0.00287. The molecule has 2 aromatic carbocycles. The van der Waals surface area contributed by atoms with Crippen LogP contribution in [-0.4, -0.2) is 28.9 Å². The van der Waals surface area contributed by atoms with Crippen molar-refractivity contribution in [1.82, 2.24) is 28.9 Å². The van der Waals surface area contributed by atoms with E-state index in [-0.39, 0.29) is 12.5 Å². The van der Waals surface area contributed by atoms with Gasteiger partial charge in [0.1, 0.15) is 0 Å². The van der Waals surface area contributed by atoms with Crippen LogP contribution >= 0.6 is 34.8 Å². The number of halogens is 3. The first-order valence-corrected chi connectivity index (χ1v) is 11.8. The van der Waals surface area contributed by atoms with Crippen molar-refractivity contribution in [2.45, 2.75) is 13.5 Å². The predicted octanol–water partition coefficient (Wildman–Crippen LogP) is 4.74. The van der Waals surface area contributed by atoms with Gasteiger partial charge in [0.15, 0.2) is 0 Å². The van der Waals surface area contributed by atoms with Crippen LogP contribution in [0.5, 0.6) is 0 Å². The van der Waals surface area contributed by atoms with Gasteiger partial charge in [-0.3, -0.25) is 14.2 Å². The maximum Gasteiger partial charge on any atom is 0.359 e. The summed E-state index contributed by atoms with van der Waals surface area (Å²) < 4.78 is 3.94. The van der Waals surface area contributed by atoms with Crippen LogP contribution in [0.25, 0.3) is 16.6 Å². The minimum Gasteiger partial charge on any atom is -0.324 e. The fourth-order valence-corrected chi connectivity index (χ4v) is 4.66. The number of benzene rings is 2. The highest BCUT2D eigenvalue weighted by Gasteiger charge is 2.18. The van der Waals surface area contributed by atoms with Crippen molar-refractivity contribution in [3.05, 3.63) is 102 Å². The second-order valence-electron chi connectivity index (χ2n) is 8.24. The zero-order chi connectivity index (χ0) is 25.6. The summed E-state index contributed by atoms with van der Waals surface area (Å²) in [6, 6.07) is 10.1. The molecule has 0 radical (unpaired) electrons. The van der Waals surface area contributed by atoms with Gasteiger partial charge in [-0.15, -0.1) is 0 Å². The molecule has 0 aliphatic heterocycles. The number of aryl methyl sites for hydroxylation is 2. The van der Waals surface area contributed by atoms with Gasteiger partial charge in [0, 0.05) is 34.9 Å². The molecule has 12 heteroatoms. The first-order valence-electron chi connectivity index (χ1n) is 10.7. The van der Waals surface area contributed by atoms with E-state index in [1.807, 2.05) is 13.1 Å². The van der Waals surface area contributed by atoms with E-state index >= 15 is 0 Å². The van der Waals surface area contributed by atoms with Gasteiger partial charge in [-0.2, -0.15) is 10.1 Å². The first-order chi connectivity index (χ1) is 17.2. The lowest BCUT2D eigenvalue weighted by atomic mass is 10.2. The lowest BCUT2D eigenvalue weighted by Crippen LogP contribution is -2.41. The summed E-state index contributed by atoms with van der Waals surface area (Å²) in [5.74, 6) is 0.00287. The smallest absolute Gasteiger partial charge is 0.324 e. The van der Waals surface area contributed by atoms with E-state index in [2.05, 4.69) is 20.4 Å². The van der Waals surface area contributed by atoms with Crippen LogP contribution in [-0.2, 0) is 13.6 Å². The van der Waals surface area contributed by atoms with E-state index in [9.17, 15) is 9.59 Å². The maximum atomic E-state index is 13.7. The van der Waals surface area contributed by atoms with Gasteiger partial charge in [-0.1, -0.05) is 34.8 Å². The third-order valence-electron chi connectivity index (χ3n) is 5.41. The Morgan fingerprint density at radius 2 is 1.72 bits per heavy atom. The Morgan fingerprint density at radius 1 is 0.972 bits per heavy atom. The molecule has 3 heterocycles. The quantitative estimate of drug-likeness (QED) is 0.344. The normalized spacial score (nSPS) is 11.2. The third-order valence-corrected chi connectivity index (χ3v) is 6.16.